The van der Waals surface area contributed by atoms with Crippen molar-refractivity contribution >= 4 is 5.82 Å². The molecule has 1 saturated carbocycles. The Bertz CT molecular complexity index is 553. The van der Waals surface area contributed by atoms with Gasteiger partial charge in [-0.1, -0.05) is 0 Å². The van der Waals surface area contributed by atoms with Crippen molar-refractivity contribution in [2.24, 2.45) is 0 Å². The number of rotatable bonds is 2. The van der Waals surface area contributed by atoms with Gasteiger partial charge in [-0.05, 0) is 25.0 Å². The molecule has 1 heterocycles. The van der Waals surface area contributed by atoms with Gasteiger partial charge in [-0.15, -0.1) is 0 Å². The summed E-state index contributed by atoms with van der Waals surface area (Å²) in [6.45, 7) is 0. The molecule has 3 nitrogen and oxygen atoms in total. The van der Waals surface area contributed by atoms with Gasteiger partial charge in [0.2, 0.25) is 0 Å². The van der Waals surface area contributed by atoms with E-state index in [1.807, 2.05) is 4.57 Å². The molecule has 0 bridgehead atoms. The summed E-state index contributed by atoms with van der Waals surface area (Å²) in [4.78, 5) is 4.13. The molecular weight excluding hydrogens is 224 g/mol. The first-order valence-electron chi connectivity index (χ1n) is 5.44. The quantitative estimate of drug-likeness (QED) is 0.869. The molecule has 0 amide bonds. The Hall–Kier alpha value is -1.91. The lowest BCUT2D eigenvalue weighted by Gasteiger charge is -2.03. The zero-order valence-electron chi connectivity index (χ0n) is 9.03. The van der Waals surface area contributed by atoms with E-state index >= 15 is 0 Å². The number of imidazole rings is 1. The standard InChI is InChI=1S/C12H11F2N3/c13-8-3-7(4-9(14)5-8)11-12(15)17(6-16-11)10-1-2-10/h3-6,10H,1-2,15H2. The number of aromatic nitrogens is 2. The molecule has 17 heavy (non-hydrogen) atoms. The summed E-state index contributed by atoms with van der Waals surface area (Å²) >= 11 is 0. The first-order valence-corrected chi connectivity index (χ1v) is 5.44. The summed E-state index contributed by atoms with van der Waals surface area (Å²) in [5.74, 6) is -0.779. The monoisotopic (exact) mass is 235 g/mol. The molecule has 88 valence electrons. The number of nitrogens with two attached hydrogens (primary N) is 1. The highest BCUT2D eigenvalue weighted by atomic mass is 19.1. The minimum absolute atomic E-state index is 0.374. The van der Waals surface area contributed by atoms with Crippen LogP contribution in [0.3, 0.4) is 0 Å². The number of halogens is 2. The number of benzene rings is 1. The van der Waals surface area contributed by atoms with Gasteiger partial charge in [0.15, 0.2) is 0 Å². The van der Waals surface area contributed by atoms with Gasteiger partial charge in [0.1, 0.15) is 23.1 Å². The lowest BCUT2D eigenvalue weighted by molar-refractivity contribution is 0.584. The fraction of sp³-hybridized carbons (Fsp3) is 0.250. The van der Waals surface area contributed by atoms with Crippen molar-refractivity contribution in [2.45, 2.75) is 18.9 Å². The van der Waals surface area contributed by atoms with Crippen LogP contribution in [0.1, 0.15) is 18.9 Å². The zero-order chi connectivity index (χ0) is 12.0. The van der Waals surface area contributed by atoms with Gasteiger partial charge in [0.25, 0.3) is 0 Å². The Morgan fingerprint density at radius 1 is 1.18 bits per heavy atom. The third-order valence-corrected chi connectivity index (χ3v) is 2.91. The highest BCUT2D eigenvalue weighted by molar-refractivity contribution is 5.70. The normalized spacial score (nSPS) is 15.2. The van der Waals surface area contributed by atoms with E-state index in [1.54, 1.807) is 6.33 Å². The first-order chi connectivity index (χ1) is 8.15. The molecule has 2 N–H and O–H groups in total. The molecule has 5 heteroatoms. The molecule has 1 aromatic carbocycles. The van der Waals surface area contributed by atoms with E-state index in [4.69, 9.17) is 5.73 Å². The van der Waals surface area contributed by atoms with E-state index < -0.39 is 11.6 Å². The van der Waals surface area contributed by atoms with Gasteiger partial charge in [0.05, 0.1) is 6.33 Å². The van der Waals surface area contributed by atoms with Crippen LogP contribution in [0.5, 0.6) is 0 Å². The molecule has 2 aromatic rings. The van der Waals surface area contributed by atoms with Crippen LogP contribution in [0.25, 0.3) is 11.3 Å². The topological polar surface area (TPSA) is 43.8 Å². The lowest BCUT2D eigenvalue weighted by atomic mass is 10.1. The van der Waals surface area contributed by atoms with Gasteiger partial charge in [-0.25, -0.2) is 13.8 Å². The maximum absolute atomic E-state index is 13.1. The Morgan fingerprint density at radius 2 is 1.82 bits per heavy atom. The molecule has 1 fully saturated rings. The van der Waals surface area contributed by atoms with E-state index in [0.717, 1.165) is 18.9 Å². The minimum Gasteiger partial charge on any atom is -0.383 e. The summed E-state index contributed by atoms with van der Waals surface area (Å²) in [5, 5.41) is 0. The van der Waals surface area contributed by atoms with Crippen LogP contribution in [-0.4, -0.2) is 9.55 Å². The number of anilines is 1. The van der Waals surface area contributed by atoms with Crippen molar-refractivity contribution in [1.29, 1.82) is 0 Å². The number of nitrogen functional groups attached to an aromatic ring is 1. The molecular formula is C12H11F2N3. The van der Waals surface area contributed by atoms with Gasteiger partial charge in [-0.2, -0.15) is 0 Å². The predicted octanol–water partition coefficient (Wildman–Crippen LogP) is 2.75. The van der Waals surface area contributed by atoms with E-state index in [-0.39, 0.29) is 0 Å². The van der Waals surface area contributed by atoms with Gasteiger partial charge in [-0.3, -0.25) is 0 Å². The Balaban J connectivity index is 2.08. The second-order valence-electron chi connectivity index (χ2n) is 4.27. The minimum atomic E-state index is -0.625. The molecule has 0 atom stereocenters. The van der Waals surface area contributed by atoms with E-state index in [9.17, 15) is 8.78 Å². The van der Waals surface area contributed by atoms with Crippen LogP contribution in [0.15, 0.2) is 24.5 Å². The maximum Gasteiger partial charge on any atom is 0.131 e. The van der Waals surface area contributed by atoms with E-state index in [1.165, 1.54) is 12.1 Å². The van der Waals surface area contributed by atoms with Crippen LogP contribution in [-0.2, 0) is 0 Å². The molecule has 0 aliphatic heterocycles. The maximum atomic E-state index is 13.1. The van der Waals surface area contributed by atoms with Crippen LogP contribution < -0.4 is 5.73 Å². The van der Waals surface area contributed by atoms with E-state index in [2.05, 4.69) is 4.98 Å². The molecule has 0 spiro atoms. The van der Waals surface area contributed by atoms with Crippen LogP contribution in [0.4, 0.5) is 14.6 Å². The highest BCUT2D eigenvalue weighted by Gasteiger charge is 2.26. The second kappa shape index (κ2) is 3.55. The summed E-state index contributed by atoms with van der Waals surface area (Å²) in [6.07, 6.45) is 3.79. The lowest BCUT2D eigenvalue weighted by Crippen LogP contribution is -1.99. The van der Waals surface area contributed by atoms with Crippen molar-refractivity contribution in [1.82, 2.24) is 9.55 Å². The van der Waals surface area contributed by atoms with Gasteiger partial charge >= 0.3 is 0 Å². The third kappa shape index (κ3) is 1.77. The Morgan fingerprint density at radius 3 is 2.41 bits per heavy atom. The SMILES string of the molecule is Nc1c(-c2cc(F)cc(F)c2)ncn1C1CC1. The van der Waals surface area contributed by atoms with Crippen LogP contribution in [0.2, 0.25) is 0 Å². The van der Waals surface area contributed by atoms with E-state index in [0.29, 0.717) is 23.1 Å². The summed E-state index contributed by atoms with van der Waals surface area (Å²) in [6, 6.07) is 3.70. The summed E-state index contributed by atoms with van der Waals surface area (Å²) in [5.41, 5.74) is 6.75. The molecule has 3 rings (SSSR count). The molecule has 1 aliphatic carbocycles. The molecule has 1 aliphatic rings. The van der Waals surface area contributed by atoms with Crippen LogP contribution in [0, 0.1) is 11.6 Å². The number of hydrogen-bond acceptors (Lipinski definition) is 2. The molecule has 0 unspecified atom stereocenters. The fourth-order valence-corrected chi connectivity index (χ4v) is 1.93. The molecule has 1 aromatic heterocycles. The smallest absolute Gasteiger partial charge is 0.131 e. The average molecular weight is 235 g/mol. The average Bonchev–Trinajstić information content (AvgIpc) is 3.01. The molecule has 0 saturated heterocycles. The summed E-state index contributed by atoms with van der Waals surface area (Å²) < 4.78 is 28.1. The number of hydrogen-bond donors (Lipinski definition) is 1. The molecule has 0 radical (unpaired) electrons. The number of nitrogens with zero attached hydrogens (tertiary/aromatic N) is 2. The van der Waals surface area contributed by atoms with Gasteiger partial charge < -0.3 is 10.3 Å². The van der Waals surface area contributed by atoms with Crippen molar-refractivity contribution in [3.63, 3.8) is 0 Å². The predicted molar refractivity (Wildman–Crippen MR) is 60.3 cm³/mol. The largest absolute Gasteiger partial charge is 0.383 e. The third-order valence-electron chi connectivity index (χ3n) is 2.91. The second-order valence-corrected chi connectivity index (χ2v) is 4.27. The Kier molecular flexibility index (Phi) is 2.14. The first kappa shape index (κ1) is 10.3. The van der Waals surface area contributed by atoms with Crippen molar-refractivity contribution < 1.29 is 8.78 Å². The van der Waals surface area contributed by atoms with Crippen molar-refractivity contribution in [3.8, 4) is 11.3 Å². The van der Waals surface area contributed by atoms with Gasteiger partial charge in [0, 0.05) is 17.7 Å². The van der Waals surface area contributed by atoms with Crippen molar-refractivity contribution in [3.05, 3.63) is 36.2 Å². The zero-order valence-corrected chi connectivity index (χ0v) is 9.03. The van der Waals surface area contributed by atoms with Crippen LogP contribution >= 0.6 is 0 Å². The summed E-state index contributed by atoms with van der Waals surface area (Å²) in [7, 11) is 0. The fourth-order valence-electron chi connectivity index (χ4n) is 1.93. The highest BCUT2D eigenvalue weighted by Crippen LogP contribution is 2.39. The van der Waals surface area contributed by atoms with Crippen molar-refractivity contribution in [2.75, 3.05) is 5.73 Å². The Labute approximate surface area is 96.9 Å².